The molecule has 59 heavy (non-hydrogen) atoms. The van der Waals surface area contributed by atoms with Gasteiger partial charge >= 0.3 is 24.0 Å². The largest absolute Gasteiger partial charge is 0.460 e. The number of hydrogen-bond donors (Lipinski definition) is 3. The number of carbonyl (C=O) groups excluding carboxylic acids is 6. The van der Waals surface area contributed by atoms with Crippen LogP contribution in [0.1, 0.15) is 189 Å². The number of carbonyl (C=O) groups is 6. The molecule has 0 aromatic rings. The lowest BCUT2D eigenvalue weighted by Gasteiger charge is -2.20. The van der Waals surface area contributed by atoms with Gasteiger partial charge in [0.1, 0.15) is 38.4 Å². The molecule has 0 fully saturated rings. The molecule has 0 saturated carbocycles. The maximum Gasteiger partial charge on any atom is 0.408 e. The molecule has 0 bridgehead atoms. The lowest BCUT2D eigenvalue weighted by Crippen LogP contribution is -2.39. The normalized spacial score (nSPS) is 11.9. The predicted molar refractivity (Wildman–Crippen MR) is 232 cm³/mol. The zero-order chi connectivity index (χ0) is 43.8. The number of unbranched alkanes of at least 4 members (excludes halogenated alkanes) is 18. The average Bonchev–Trinajstić information content (AvgIpc) is 3.19. The number of alkyl carbamates (subject to hydrolysis) is 1. The van der Waals surface area contributed by atoms with Crippen LogP contribution in [0.4, 0.5) is 4.79 Å². The molecule has 1 unspecified atom stereocenters. The van der Waals surface area contributed by atoms with Crippen LogP contribution in [0.3, 0.4) is 0 Å². The Hall–Kier alpha value is -3.90. The number of allylic oxidation sites excluding steroid dienone is 4. The minimum absolute atomic E-state index is 0.269. The Balaban J connectivity index is 4.55. The third-order valence-electron chi connectivity index (χ3n) is 9.13. The Morgan fingerprint density at radius 2 is 0.831 bits per heavy atom. The molecule has 3 N–H and O–H groups in total. The van der Waals surface area contributed by atoms with Crippen molar-refractivity contribution in [3.63, 3.8) is 0 Å². The highest BCUT2D eigenvalue weighted by Gasteiger charge is 2.22. The van der Waals surface area contributed by atoms with E-state index in [4.69, 9.17) is 18.9 Å². The molecule has 340 valence electrons. The number of esters is 3. The molecule has 3 amide bonds. The van der Waals surface area contributed by atoms with Gasteiger partial charge < -0.3 is 34.9 Å². The standard InChI is InChI=1S/C46H81N3O10/c1-6-8-10-12-14-16-18-20-22-24-26-28-30-32-40(50)47-34-42(52)56-37-39(38-57-43(53)35-49-45(55)59-46(3,4)5)58-44(54)36-48-41(51)33-31-29-27-25-23-21-19-17-15-13-11-9-7-2/h16-19,39H,6-15,20-38H2,1-5H3,(H,47,50)(H,48,51)(H,49,55)/b18-16-,19-17-. The highest BCUT2D eigenvalue weighted by Crippen LogP contribution is 2.11. The van der Waals surface area contributed by atoms with Gasteiger partial charge in [-0.3, -0.25) is 24.0 Å². The van der Waals surface area contributed by atoms with E-state index in [9.17, 15) is 28.8 Å². The third kappa shape index (κ3) is 40.7. The molecule has 0 spiro atoms. The van der Waals surface area contributed by atoms with E-state index in [1.54, 1.807) is 20.8 Å². The van der Waals surface area contributed by atoms with Crippen LogP contribution in [0.15, 0.2) is 24.3 Å². The van der Waals surface area contributed by atoms with E-state index in [-0.39, 0.29) is 24.8 Å². The molecule has 0 aliphatic heterocycles. The van der Waals surface area contributed by atoms with Crippen molar-refractivity contribution >= 4 is 35.8 Å². The number of hydrogen-bond acceptors (Lipinski definition) is 10. The zero-order valence-corrected chi connectivity index (χ0v) is 37.5. The lowest BCUT2D eigenvalue weighted by molar-refractivity contribution is -0.165. The summed E-state index contributed by atoms with van der Waals surface area (Å²) < 4.78 is 20.8. The second kappa shape index (κ2) is 38.3. The van der Waals surface area contributed by atoms with Crippen molar-refractivity contribution in [1.29, 1.82) is 0 Å². The maximum absolute atomic E-state index is 12.6. The SMILES string of the molecule is CCCCCC/C=C\CCCCCCCC(=O)NCC(=O)OCC(COC(=O)CNC(=O)OC(C)(C)C)OC(=O)CNC(=O)CCCCCCC/C=C\CCCCCC. The fraction of sp³-hybridized carbons (Fsp3) is 0.783. The van der Waals surface area contributed by atoms with Gasteiger partial charge in [-0.05, 0) is 85.0 Å². The summed E-state index contributed by atoms with van der Waals surface area (Å²) in [6, 6.07) is 0. The summed E-state index contributed by atoms with van der Waals surface area (Å²) in [7, 11) is 0. The van der Waals surface area contributed by atoms with Crippen LogP contribution in [0.5, 0.6) is 0 Å². The Morgan fingerprint density at radius 1 is 0.475 bits per heavy atom. The fourth-order valence-corrected chi connectivity index (χ4v) is 5.80. The minimum Gasteiger partial charge on any atom is -0.460 e. The van der Waals surface area contributed by atoms with Crippen LogP contribution < -0.4 is 16.0 Å². The van der Waals surface area contributed by atoms with Crippen molar-refractivity contribution in [3.8, 4) is 0 Å². The lowest BCUT2D eigenvalue weighted by atomic mass is 10.1. The van der Waals surface area contributed by atoms with Gasteiger partial charge in [0.05, 0.1) is 0 Å². The fourth-order valence-electron chi connectivity index (χ4n) is 5.80. The third-order valence-corrected chi connectivity index (χ3v) is 9.13. The van der Waals surface area contributed by atoms with E-state index in [1.165, 1.54) is 51.4 Å². The van der Waals surface area contributed by atoms with Gasteiger partial charge in [-0.15, -0.1) is 0 Å². The first-order valence-corrected chi connectivity index (χ1v) is 22.7. The van der Waals surface area contributed by atoms with E-state index < -0.39 is 62.0 Å². The van der Waals surface area contributed by atoms with E-state index in [2.05, 4.69) is 54.1 Å². The summed E-state index contributed by atoms with van der Waals surface area (Å²) in [6.07, 6.45) is 32.1. The highest BCUT2D eigenvalue weighted by atomic mass is 16.6. The Morgan fingerprint density at radius 3 is 1.24 bits per heavy atom. The predicted octanol–water partition coefficient (Wildman–Crippen LogP) is 9.26. The van der Waals surface area contributed by atoms with Gasteiger partial charge in [-0.2, -0.15) is 0 Å². The zero-order valence-electron chi connectivity index (χ0n) is 37.5. The summed E-state index contributed by atoms with van der Waals surface area (Å²) in [4.78, 5) is 73.8. The van der Waals surface area contributed by atoms with Crippen LogP contribution in [0.25, 0.3) is 0 Å². The van der Waals surface area contributed by atoms with E-state index in [0.717, 1.165) is 77.0 Å². The van der Waals surface area contributed by atoms with Crippen LogP contribution in [0.2, 0.25) is 0 Å². The minimum atomic E-state index is -1.21. The van der Waals surface area contributed by atoms with Crippen LogP contribution in [-0.4, -0.2) is 80.4 Å². The molecule has 13 heteroatoms. The van der Waals surface area contributed by atoms with Crippen LogP contribution in [-0.2, 0) is 42.9 Å². The Labute approximate surface area is 356 Å². The molecule has 0 heterocycles. The van der Waals surface area contributed by atoms with Gasteiger partial charge in [-0.1, -0.05) is 115 Å². The number of rotatable bonds is 37. The topological polar surface area (TPSA) is 175 Å². The number of amides is 3. The monoisotopic (exact) mass is 836 g/mol. The molecule has 0 radical (unpaired) electrons. The first-order chi connectivity index (χ1) is 28.4. The van der Waals surface area contributed by atoms with Crippen molar-refractivity contribution < 1.29 is 47.7 Å². The molecule has 1 atom stereocenters. The van der Waals surface area contributed by atoms with Crippen LogP contribution in [0, 0.1) is 0 Å². The molecule has 0 aromatic carbocycles. The Kier molecular flexibility index (Phi) is 35.8. The molecule has 0 saturated heterocycles. The molecule has 0 aliphatic carbocycles. The van der Waals surface area contributed by atoms with E-state index >= 15 is 0 Å². The second-order valence-electron chi connectivity index (χ2n) is 16.1. The number of ether oxygens (including phenoxy) is 4. The smallest absolute Gasteiger partial charge is 0.408 e. The molecular formula is C46H81N3O10. The van der Waals surface area contributed by atoms with Gasteiger partial charge in [0.25, 0.3) is 0 Å². The summed E-state index contributed by atoms with van der Waals surface area (Å²) in [5, 5.41) is 7.36. The quantitative estimate of drug-likeness (QED) is 0.0237. The van der Waals surface area contributed by atoms with Crippen molar-refractivity contribution in [3.05, 3.63) is 24.3 Å². The molecule has 13 nitrogen and oxygen atoms in total. The van der Waals surface area contributed by atoms with Crippen molar-refractivity contribution in [1.82, 2.24) is 16.0 Å². The summed E-state index contributed by atoms with van der Waals surface area (Å²) in [5.74, 6) is -2.98. The van der Waals surface area contributed by atoms with E-state index in [1.807, 2.05) is 0 Å². The first-order valence-electron chi connectivity index (χ1n) is 22.7. The highest BCUT2D eigenvalue weighted by molar-refractivity contribution is 5.82. The van der Waals surface area contributed by atoms with Gasteiger partial charge in [0, 0.05) is 12.8 Å². The first kappa shape index (κ1) is 55.1. The molecule has 0 aliphatic rings. The summed E-state index contributed by atoms with van der Waals surface area (Å²) in [6.45, 7) is 7.20. The van der Waals surface area contributed by atoms with Crippen molar-refractivity contribution in [2.24, 2.45) is 0 Å². The van der Waals surface area contributed by atoms with Crippen molar-refractivity contribution in [2.75, 3.05) is 32.8 Å². The summed E-state index contributed by atoms with van der Waals surface area (Å²) in [5.41, 5.74) is -0.763. The molecule has 0 aromatic heterocycles. The molecule has 0 rings (SSSR count). The van der Waals surface area contributed by atoms with Gasteiger partial charge in [-0.25, -0.2) is 4.79 Å². The van der Waals surface area contributed by atoms with Crippen LogP contribution >= 0.6 is 0 Å². The van der Waals surface area contributed by atoms with Crippen molar-refractivity contribution in [2.45, 2.75) is 200 Å². The van der Waals surface area contributed by atoms with Gasteiger partial charge in [0.15, 0.2) is 6.10 Å². The summed E-state index contributed by atoms with van der Waals surface area (Å²) >= 11 is 0. The molecular weight excluding hydrogens is 755 g/mol. The van der Waals surface area contributed by atoms with Gasteiger partial charge in [0.2, 0.25) is 11.8 Å². The second-order valence-corrected chi connectivity index (χ2v) is 16.1. The Bertz CT molecular complexity index is 1200. The van der Waals surface area contributed by atoms with E-state index in [0.29, 0.717) is 19.3 Å². The maximum atomic E-state index is 12.6. The average molecular weight is 836 g/mol. The number of nitrogens with one attached hydrogen (secondary N) is 3.